The molecule has 0 aliphatic heterocycles. The summed E-state index contributed by atoms with van der Waals surface area (Å²) < 4.78 is 11.2. The van der Waals surface area contributed by atoms with Gasteiger partial charge in [0.1, 0.15) is 11.3 Å². The van der Waals surface area contributed by atoms with E-state index in [2.05, 4.69) is 6.07 Å². The van der Waals surface area contributed by atoms with Crippen LogP contribution in [0.3, 0.4) is 0 Å². The number of rotatable bonds is 3. The van der Waals surface area contributed by atoms with Crippen molar-refractivity contribution < 1.29 is 14.1 Å². The lowest BCUT2D eigenvalue weighted by molar-refractivity contribution is 0.451. The summed E-state index contributed by atoms with van der Waals surface area (Å²) in [5.41, 5.74) is 3.70. The highest BCUT2D eigenvalue weighted by Crippen LogP contribution is 2.39. The third kappa shape index (κ3) is 2.21. The summed E-state index contributed by atoms with van der Waals surface area (Å²) in [7, 11) is 0.638. The molecule has 0 aliphatic rings. The number of nitriles is 1. The highest BCUT2D eigenvalue weighted by atomic mass is 16.5. The normalized spacial score (nSPS) is 10.7. The number of nitrogens with zero attached hydrogens (tertiary/aromatic N) is 1. The minimum absolute atomic E-state index is 0.447. The Kier molecular flexibility index (Phi) is 3.45. The maximum absolute atomic E-state index is 9.11. The third-order valence-corrected chi connectivity index (χ3v) is 3.97. The van der Waals surface area contributed by atoms with Gasteiger partial charge < -0.3 is 14.1 Å². The van der Waals surface area contributed by atoms with Gasteiger partial charge in [0.15, 0.2) is 5.58 Å². The number of fused-ring (bicyclic) bond motifs is 3. The molecule has 1 radical (unpaired) electrons. The van der Waals surface area contributed by atoms with E-state index in [1.807, 2.05) is 48.5 Å². The molecule has 1 heterocycles. The monoisotopic (exact) mass is 312 g/mol. The lowest BCUT2D eigenvalue weighted by atomic mass is 10.0. The molecule has 4 aromatic rings. The van der Waals surface area contributed by atoms with Crippen LogP contribution < -0.4 is 4.65 Å². The Hall–Kier alpha value is -3.23. The van der Waals surface area contributed by atoms with E-state index in [9.17, 15) is 0 Å². The Morgan fingerprint density at radius 3 is 2.50 bits per heavy atom. The van der Waals surface area contributed by atoms with E-state index in [0.717, 1.165) is 27.5 Å². The van der Waals surface area contributed by atoms with Crippen LogP contribution in [-0.4, -0.2) is 12.7 Å². The first kappa shape index (κ1) is 14.4. The molecule has 0 saturated carbocycles. The second-order valence-electron chi connectivity index (χ2n) is 5.33. The van der Waals surface area contributed by atoms with Crippen molar-refractivity contribution in [3.8, 4) is 22.9 Å². The molecule has 0 fully saturated rings. The topological polar surface area (TPSA) is 66.4 Å². The largest absolute Gasteiger partial charge is 0.569 e. The van der Waals surface area contributed by atoms with Gasteiger partial charge in [0, 0.05) is 16.3 Å². The first-order chi connectivity index (χ1) is 11.8. The van der Waals surface area contributed by atoms with Gasteiger partial charge in [-0.25, -0.2) is 0 Å². The molecule has 4 nitrogen and oxygen atoms in total. The van der Waals surface area contributed by atoms with Crippen molar-refractivity contribution >= 4 is 29.6 Å². The molecule has 5 heteroatoms. The van der Waals surface area contributed by atoms with Crippen LogP contribution in [0, 0.1) is 11.3 Å². The van der Waals surface area contributed by atoms with E-state index < -0.39 is 0 Å². The van der Waals surface area contributed by atoms with Gasteiger partial charge in [0.25, 0.3) is 0 Å². The fourth-order valence-corrected chi connectivity index (χ4v) is 2.93. The standard InChI is InChI=1S/C19H11BNO3/c21-11-12-4-1-5-13(10-12)14-6-2-7-15-16-8-3-9-17(24-20-22)19(16)23-18(14)15/h1-10,22H. The number of benzene rings is 3. The minimum atomic E-state index is 0.447. The van der Waals surface area contributed by atoms with Gasteiger partial charge in [-0.05, 0) is 23.8 Å². The second kappa shape index (κ2) is 5.76. The van der Waals surface area contributed by atoms with Gasteiger partial charge in [-0.1, -0.05) is 42.5 Å². The van der Waals surface area contributed by atoms with Crippen molar-refractivity contribution in [3.63, 3.8) is 0 Å². The predicted octanol–water partition coefficient (Wildman–Crippen LogP) is 4.03. The van der Waals surface area contributed by atoms with Crippen LogP contribution in [0.15, 0.2) is 65.1 Å². The molecule has 0 saturated heterocycles. The van der Waals surface area contributed by atoms with E-state index >= 15 is 0 Å². The van der Waals surface area contributed by atoms with Gasteiger partial charge in [-0.3, -0.25) is 0 Å². The van der Waals surface area contributed by atoms with Gasteiger partial charge in [0.05, 0.1) is 11.6 Å². The Balaban J connectivity index is 2.02. The molecule has 4 rings (SSSR count). The number of hydrogen-bond donors (Lipinski definition) is 1. The molecule has 0 aliphatic carbocycles. The van der Waals surface area contributed by atoms with Crippen molar-refractivity contribution in [2.75, 3.05) is 0 Å². The van der Waals surface area contributed by atoms with Crippen molar-refractivity contribution in [3.05, 3.63) is 66.2 Å². The lowest BCUT2D eigenvalue weighted by Crippen LogP contribution is -1.99. The SMILES string of the molecule is N#Cc1cccc(-c2cccc3c2oc2c(O[B]O)cccc23)c1. The number of hydrogen-bond acceptors (Lipinski definition) is 4. The average Bonchev–Trinajstić information content (AvgIpc) is 3.02. The molecular weight excluding hydrogens is 301 g/mol. The van der Waals surface area contributed by atoms with Gasteiger partial charge in [-0.2, -0.15) is 5.26 Å². The summed E-state index contributed by atoms with van der Waals surface area (Å²) >= 11 is 0. The van der Waals surface area contributed by atoms with Crippen LogP contribution in [0.4, 0.5) is 0 Å². The van der Waals surface area contributed by atoms with Gasteiger partial charge in [-0.15, -0.1) is 0 Å². The smallest absolute Gasteiger partial charge is 0.535 e. The zero-order valence-electron chi connectivity index (χ0n) is 12.6. The Bertz CT molecular complexity index is 1090. The summed E-state index contributed by atoms with van der Waals surface area (Å²) in [6.45, 7) is 0. The Morgan fingerprint density at radius 2 is 1.71 bits per heavy atom. The van der Waals surface area contributed by atoms with E-state index in [0.29, 0.717) is 24.6 Å². The molecule has 113 valence electrons. The van der Waals surface area contributed by atoms with Crippen LogP contribution in [0.2, 0.25) is 0 Å². The third-order valence-electron chi connectivity index (χ3n) is 3.97. The van der Waals surface area contributed by atoms with Crippen molar-refractivity contribution in [1.29, 1.82) is 5.26 Å². The summed E-state index contributed by atoms with van der Waals surface area (Å²) in [6.07, 6.45) is 0. The summed E-state index contributed by atoms with van der Waals surface area (Å²) in [4.78, 5) is 0. The van der Waals surface area contributed by atoms with Crippen molar-refractivity contribution in [2.45, 2.75) is 0 Å². The van der Waals surface area contributed by atoms with Crippen LogP contribution in [0.1, 0.15) is 5.56 Å². The van der Waals surface area contributed by atoms with Gasteiger partial charge in [0.2, 0.25) is 0 Å². The fourth-order valence-electron chi connectivity index (χ4n) is 2.93. The highest BCUT2D eigenvalue weighted by molar-refractivity contribution is 6.18. The van der Waals surface area contributed by atoms with Crippen LogP contribution in [-0.2, 0) is 0 Å². The lowest BCUT2D eigenvalue weighted by Gasteiger charge is -2.03. The Morgan fingerprint density at radius 1 is 0.958 bits per heavy atom. The Labute approximate surface area is 138 Å². The number of para-hydroxylation sites is 2. The van der Waals surface area contributed by atoms with Crippen molar-refractivity contribution in [1.82, 2.24) is 0 Å². The number of furan rings is 1. The average molecular weight is 312 g/mol. The molecule has 1 aromatic heterocycles. The van der Waals surface area contributed by atoms with E-state index in [4.69, 9.17) is 19.4 Å². The van der Waals surface area contributed by atoms with Gasteiger partial charge >= 0.3 is 7.69 Å². The molecule has 0 amide bonds. The minimum Gasteiger partial charge on any atom is -0.535 e. The first-order valence-corrected chi connectivity index (χ1v) is 7.39. The second-order valence-corrected chi connectivity index (χ2v) is 5.33. The zero-order valence-corrected chi connectivity index (χ0v) is 12.6. The molecular formula is C19H11BNO3. The summed E-state index contributed by atoms with van der Waals surface area (Å²) in [5.74, 6) is 0.447. The van der Waals surface area contributed by atoms with Crippen LogP contribution in [0.5, 0.6) is 5.75 Å². The molecule has 0 bridgehead atoms. The fraction of sp³-hybridized carbons (Fsp3) is 0. The van der Waals surface area contributed by atoms with Crippen molar-refractivity contribution in [2.24, 2.45) is 0 Å². The molecule has 1 N–H and O–H groups in total. The molecule has 0 unspecified atom stereocenters. The van der Waals surface area contributed by atoms with E-state index in [1.54, 1.807) is 12.1 Å². The zero-order chi connectivity index (χ0) is 16.5. The molecule has 3 aromatic carbocycles. The van der Waals surface area contributed by atoms with Crippen LogP contribution >= 0.6 is 0 Å². The summed E-state index contributed by atoms with van der Waals surface area (Å²) in [5, 5.41) is 19.9. The quantitative estimate of drug-likeness (QED) is 0.580. The maximum Gasteiger partial charge on any atom is 0.569 e. The molecule has 0 atom stereocenters. The van der Waals surface area contributed by atoms with E-state index in [1.165, 1.54) is 0 Å². The molecule has 24 heavy (non-hydrogen) atoms. The first-order valence-electron chi connectivity index (χ1n) is 7.39. The molecule has 0 spiro atoms. The van der Waals surface area contributed by atoms with E-state index in [-0.39, 0.29) is 0 Å². The highest BCUT2D eigenvalue weighted by Gasteiger charge is 2.15. The maximum atomic E-state index is 9.11. The summed E-state index contributed by atoms with van der Waals surface area (Å²) in [6, 6.07) is 21.0. The predicted molar refractivity (Wildman–Crippen MR) is 92.5 cm³/mol. The van der Waals surface area contributed by atoms with Crippen LogP contribution in [0.25, 0.3) is 33.1 Å².